The summed E-state index contributed by atoms with van der Waals surface area (Å²) in [5, 5.41) is 0.978. The fraction of sp³-hybridized carbons (Fsp3) is 0.400. The summed E-state index contributed by atoms with van der Waals surface area (Å²) in [5.41, 5.74) is 7.81. The Balaban J connectivity index is 1.89. The largest absolute Gasteiger partial charge is 0.488 e. The first kappa shape index (κ1) is 11.3. The third-order valence-electron chi connectivity index (χ3n) is 3.63. The predicted molar refractivity (Wildman–Crippen MR) is 73.7 cm³/mol. The van der Waals surface area contributed by atoms with E-state index in [2.05, 4.69) is 4.98 Å². The summed E-state index contributed by atoms with van der Waals surface area (Å²) in [5.74, 6) is 0.808. The summed E-state index contributed by atoms with van der Waals surface area (Å²) in [4.78, 5) is 4.29. The molecule has 0 amide bonds. The van der Waals surface area contributed by atoms with E-state index in [0.29, 0.717) is 11.8 Å². The molecule has 0 spiro atoms. The highest BCUT2D eigenvalue weighted by Gasteiger charge is 2.16. The standard InChI is InChI=1S/C15H18N2O/c16-15-12-7-4-10-17-13(12)8-9-14(15)18-11-5-2-1-3-6-11/h4,7-11H,1-3,5-6,16H2. The zero-order chi connectivity index (χ0) is 12.4. The molecule has 1 heterocycles. The van der Waals surface area contributed by atoms with Gasteiger partial charge in [-0.3, -0.25) is 4.98 Å². The molecule has 1 fully saturated rings. The Bertz CT molecular complexity index is 547. The molecule has 0 radical (unpaired) electrons. The lowest BCUT2D eigenvalue weighted by Crippen LogP contribution is -2.20. The number of nitrogens with two attached hydrogens (primary N) is 1. The molecular weight excluding hydrogens is 224 g/mol. The highest BCUT2D eigenvalue weighted by molar-refractivity contribution is 5.93. The Morgan fingerprint density at radius 3 is 2.78 bits per heavy atom. The molecule has 1 saturated carbocycles. The maximum Gasteiger partial charge on any atom is 0.143 e. The van der Waals surface area contributed by atoms with E-state index >= 15 is 0 Å². The second-order valence-corrected chi connectivity index (χ2v) is 4.93. The van der Waals surface area contributed by atoms with Crippen LogP contribution in [0, 0.1) is 0 Å². The molecule has 3 heteroatoms. The van der Waals surface area contributed by atoms with Gasteiger partial charge in [0.15, 0.2) is 0 Å². The number of anilines is 1. The first-order valence-electron chi connectivity index (χ1n) is 6.64. The molecule has 3 nitrogen and oxygen atoms in total. The number of rotatable bonds is 2. The molecule has 2 N–H and O–H groups in total. The van der Waals surface area contributed by atoms with Gasteiger partial charge in [0.25, 0.3) is 0 Å². The molecule has 1 aliphatic carbocycles. The van der Waals surface area contributed by atoms with Crippen molar-refractivity contribution >= 4 is 16.6 Å². The molecule has 3 rings (SSSR count). The van der Waals surface area contributed by atoms with Crippen LogP contribution in [0.2, 0.25) is 0 Å². The Kier molecular flexibility index (Phi) is 3.05. The van der Waals surface area contributed by atoms with Crippen molar-refractivity contribution in [1.82, 2.24) is 4.98 Å². The Morgan fingerprint density at radius 1 is 1.11 bits per heavy atom. The number of nitrogen functional groups attached to an aromatic ring is 1. The third-order valence-corrected chi connectivity index (χ3v) is 3.63. The molecule has 1 aromatic carbocycles. The number of hydrogen-bond acceptors (Lipinski definition) is 3. The zero-order valence-electron chi connectivity index (χ0n) is 10.4. The van der Waals surface area contributed by atoms with Crippen LogP contribution in [-0.4, -0.2) is 11.1 Å². The lowest BCUT2D eigenvalue weighted by Gasteiger charge is -2.24. The number of hydrogen-bond donors (Lipinski definition) is 1. The van der Waals surface area contributed by atoms with E-state index in [1.807, 2.05) is 24.3 Å². The summed E-state index contributed by atoms with van der Waals surface area (Å²) in [6, 6.07) is 7.82. The quantitative estimate of drug-likeness (QED) is 0.819. The number of aromatic nitrogens is 1. The minimum absolute atomic E-state index is 0.329. The van der Waals surface area contributed by atoms with Gasteiger partial charge in [-0.15, -0.1) is 0 Å². The molecular formula is C15H18N2O. The number of benzene rings is 1. The zero-order valence-corrected chi connectivity index (χ0v) is 10.4. The summed E-state index contributed by atoms with van der Waals surface area (Å²) >= 11 is 0. The number of pyridine rings is 1. The lowest BCUT2D eigenvalue weighted by molar-refractivity contribution is 0.156. The summed E-state index contributed by atoms with van der Waals surface area (Å²) < 4.78 is 6.04. The second-order valence-electron chi connectivity index (χ2n) is 4.93. The first-order chi connectivity index (χ1) is 8.84. The van der Waals surface area contributed by atoms with E-state index in [1.165, 1.54) is 19.3 Å². The monoisotopic (exact) mass is 242 g/mol. The minimum Gasteiger partial charge on any atom is -0.488 e. The van der Waals surface area contributed by atoms with Gasteiger partial charge < -0.3 is 10.5 Å². The van der Waals surface area contributed by atoms with Crippen molar-refractivity contribution in [2.24, 2.45) is 0 Å². The fourth-order valence-corrected chi connectivity index (χ4v) is 2.62. The van der Waals surface area contributed by atoms with Gasteiger partial charge >= 0.3 is 0 Å². The smallest absolute Gasteiger partial charge is 0.143 e. The van der Waals surface area contributed by atoms with Crippen molar-refractivity contribution < 1.29 is 4.74 Å². The van der Waals surface area contributed by atoms with E-state index in [9.17, 15) is 0 Å². The highest BCUT2D eigenvalue weighted by Crippen LogP contribution is 2.32. The Labute approximate surface area is 107 Å². The van der Waals surface area contributed by atoms with Crippen LogP contribution in [0.25, 0.3) is 10.9 Å². The number of ether oxygens (including phenoxy) is 1. The lowest BCUT2D eigenvalue weighted by atomic mass is 9.98. The van der Waals surface area contributed by atoms with Crippen LogP contribution in [0.1, 0.15) is 32.1 Å². The van der Waals surface area contributed by atoms with Crippen molar-refractivity contribution in [3.63, 3.8) is 0 Å². The Morgan fingerprint density at radius 2 is 1.94 bits per heavy atom. The molecule has 0 aliphatic heterocycles. The Hall–Kier alpha value is -1.77. The normalized spacial score (nSPS) is 16.9. The maximum atomic E-state index is 6.17. The maximum absolute atomic E-state index is 6.17. The van der Waals surface area contributed by atoms with Crippen LogP contribution in [0.3, 0.4) is 0 Å². The van der Waals surface area contributed by atoms with Gasteiger partial charge in [0, 0.05) is 11.6 Å². The molecule has 18 heavy (non-hydrogen) atoms. The van der Waals surface area contributed by atoms with Crippen molar-refractivity contribution in [3.8, 4) is 5.75 Å². The summed E-state index contributed by atoms with van der Waals surface area (Å²) in [6.07, 6.45) is 8.25. The molecule has 94 valence electrons. The van der Waals surface area contributed by atoms with Crippen LogP contribution in [0.15, 0.2) is 30.5 Å². The second kappa shape index (κ2) is 4.84. The van der Waals surface area contributed by atoms with Gasteiger partial charge in [0.2, 0.25) is 0 Å². The minimum atomic E-state index is 0.329. The van der Waals surface area contributed by atoms with Gasteiger partial charge in [-0.2, -0.15) is 0 Å². The third kappa shape index (κ3) is 2.13. The molecule has 0 atom stereocenters. The van der Waals surface area contributed by atoms with Crippen LogP contribution in [0.4, 0.5) is 5.69 Å². The van der Waals surface area contributed by atoms with E-state index in [4.69, 9.17) is 10.5 Å². The van der Waals surface area contributed by atoms with Gasteiger partial charge in [-0.25, -0.2) is 0 Å². The van der Waals surface area contributed by atoms with Crippen molar-refractivity contribution in [1.29, 1.82) is 0 Å². The molecule has 0 saturated heterocycles. The molecule has 0 unspecified atom stereocenters. The number of fused-ring (bicyclic) bond motifs is 1. The molecule has 1 aromatic heterocycles. The van der Waals surface area contributed by atoms with Gasteiger partial charge in [0.05, 0.1) is 17.3 Å². The molecule has 1 aliphatic rings. The topological polar surface area (TPSA) is 48.1 Å². The summed E-state index contributed by atoms with van der Waals surface area (Å²) in [7, 11) is 0. The first-order valence-corrected chi connectivity index (χ1v) is 6.64. The van der Waals surface area contributed by atoms with Gasteiger partial charge in [-0.05, 0) is 49.9 Å². The van der Waals surface area contributed by atoms with Crippen LogP contribution in [-0.2, 0) is 0 Å². The highest BCUT2D eigenvalue weighted by atomic mass is 16.5. The van der Waals surface area contributed by atoms with Gasteiger partial charge in [0.1, 0.15) is 5.75 Å². The van der Waals surface area contributed by atoms with Crippen LogP contribution >= 0.6 is 0 Å². The van der Waals surface area contributed by atoms with Crippen molar-refractivity contribution in [2.75, 3.05) is 5.73 Å². The summed E-state index contributed by atoms with van der Waals surface area (Å²) in [6.45, 7) is 0. The van der Waals surface area contributed by atoms with E-state index in [0.717, 1.165) is 29.5 Å². The van der Waals surface area contributed by atoms with E-state index in [-0.39, 0.29) is 0 Å². The van der Waals surface area contributed by atoms with Crippen molar-refractivity contribution in [2.45, 2.75) is 38.2 Å². The van der Waals surface area contributed by atoms with Crippen LogP contribution in [0.5, 0.6) is 5.75 Å². The molecule has 2 aromatic rings. The van der Waals surface area contributed by atoms with Gasteiger partial charge in [-0.1, -0.05) is 6.42 Å². The SMILES string of the molecule is Nc1c(OC2CCCCC2)ccc2ncccc12. The predicted octanol–water partition coefficient (Wildman–Crippen LogP) is 3.53. The van der Waals surface area contributed by atoms with Crippen LogP contribution < -0.4 is 10.5 Å². The number of nitrogens with zero attached hydrogens (tertiary/aromatic N) is 1. The fourth-order valence-electron chi connectivity index (χ4n) is 2.62. The molecule has 0 bridgehead atoms. The average molecular weight is 242 g/mol. The van der Waals surface area contributed by atoms with Crippen molar-refractivity contribution in [3.05, 3.63) is 30.5 Å². The van der Waals surface area contributed by atoms with E-state index < -0.39 is 0 Å². The van der Waals surface area contributed by atoms with E-state index in [1.54, 1.807) is 6.20 Å². The average Bonchev–Trinajstić information content (AvgIpc) is 2.43.